The number of benzene rings is 3. The largest absolute Gasteiger partial charge is 0.325 e. The monoisotopic (exact) mass is 480 g/mol. The van der Waals surface area contributed by atoms with E-state index in [2.05, 4.69) is 5.32 Å². The number of hydrogen-bond acceptors (Lipinski definition) is 4. The van der Waals surface area contributed by atoms with E-state index in [0.717, 1.165) is 36.1 Å². The molecule has 3 aromatic carbocycles. The Morgan fingerprint density at radius 1 is 0.788 bits per heavy atom. The first-order chi connectivity index (χ1) is 16.0. The van der Waals surface area contributed by atoms with Gasteiger partial charge >= 0.3 is 0 Å². The molecule has 1 aliphatic rings. The van der Waals surface area contributed by atoms with Gasteiger partial charge in [0.15, 0.2) is 0 Å². The van der Waals surface area contributed by atoms with E-state index in [4.69, 9.17) is 0 Å². The molecule has 5 nitrogen and oxygen atoms in total. The number of amides is 1. The number of carbonyl (C=O) groups is 1. The van der Waals surface area contributed by atoms with Gasteiger partial charge in [-0.05, 0) is 54.8 Å². The summed E-state index contributed by atoms with van der Waals surface area (Å²) in [5, 5.41) is 2.52. The number of hydrogen-bond donors (Lipinski definition) is 1. The first kappa shape index (κ1) is 23.5. The van der Waals surface area contributed by atoms with Crippen molar-refractivity contribution in [2.45, 2.75) is 40.7 Å². The summed E-state index contributed by atoms with van der Waals surface area (Å²) in [6.07, 6.45) is 3.93. The summed E-state index contributed by atoms with van der Waals surface area (Å²) in [5.41, 5.74) is 1.48. The molecule has 172 valence electrons. The van der Waals surface area contributed by atoms with Gasteiger partial charge in [0.2, 0.25) is 15.9 Å². The molecule has 1 saturated heterocycles. The van der Waals surface area contributed by atoms with Gasteiger partial charge in [-0.2, -0.15) is 4.31 Å². The van der Waals surface area contributed by atoms with E-state index in [9.17, 15) is 13.2 Å². The van der Waals surface area contributed by atoms with Gasteiger partial charge in [-0.1, -0.05) is 61.4 Å². The van der Waals surface area contributed by atoms with Crippen LogP contribution < -0.4 is 5.32 Å². The Hall–Kier alpha value is -2.61. The third-order valence-electron chi connectivity index (χ3n) is 5.66. The molecular formula is C26H28N2O3S2. The van der Waals surface area contributed by atoms with Gasteiger partial charge in [-0.3, -0.25) is 4.79 Å². The topological polar surface area (TPSA) is 66.5 Å². The lowest BCUT2D eigenvalue weighted by Gasteiger charge is -2.20. The minimum atomic E-state index is -3.51. The lowest BCUT2D eigenvalue weighted by atomic mass is 10.1. The number of nitrogens with zero attached hydrogens (tertiary/aromatic N) is 1. The van der Waals surface area contributed by atoms with Gasteiger partial charge in [0, 0.05) is 23.7 Å². The van der Waals surface area contributed by atoms with Crippen LogP contribution in [0.25, 0.3) is 0 Å². The molecule has 0 spiro atoms. The normalized spacial score (nSPS) is 16.0. The summed E-state index contributed by atoms with van der Waals surface area (Å²) < 4.78 is 27.6. The van der Waals surface area contributed by atoms with Crippen molar-refractivity contribution in [2.75, 3.05) is 18.4 Å². The highest BCUT2D eigenvalue weighted by atomic mass is 32.2. The Balaban J connectivity index is 1.50. The van der Waals surface area contributed by atoms with Crippen LogP contribution in [0.1, 0.15) is 36.5 Å². The lowest BCUT2D eigenvalue weighted by molar-refractivity contribution is -0.115. The highest BCUT2D eigenvalue weighted by molar-refractivity contribution is 8.00. The predicted molar refractivity (Wildman–Crippen MR) is 134 cm³/mol. The van der Waals surface area contributed by atoms with Crippen LogP contribution in [0.2, 0.25) is 0 Å². The predicted octanol–water partition coefficient (Wildman–Crippen LogP) is 5.72. The fourth-order valence-electron chi connectivity index (χ4n) is 3.89. The van der Waals surface area contributed by atoms with Crippen molar-refractivity contribution in [1.29, 1.82) is 0 Å². The van der Waals surface area contributed by atoms with E-state index in [1.54, 1.807) is 28.6 Å². The minimum Gasteiger partial charge on any atom is -0.325 e. The number of carbonyl (C=O) groups excluding carboxylic acids is 1. The van der Waals surface area contributed by atoms with Crippen LogP contribution in [0.3, 0.4) is 0 Å². The number of nitrogens with one attached hydrogen (secondary N) is 1. The summed E-state index contributed by atoms with van der Waals surface area (Å²) in [6, 6.07) is 26.0. The first-order valence-corrected chi connectivity index (χ1v) is 13.5. The summed E-state index contributed by atoms with van der Waals surface area (Å²) in [7, 11) is -3.51. The Labute approximate surface area is 200 Å². The summed E-state index contributed by atoms with van der Waals surface area (Å²) in [5.74, 6) is -0.154. The van der Waals surface area contributed by atoms with Crippen LogP contribution in [0.4, 0.5) is 5.69 Å². The van der Waals surface area contributed by atoms with Crippen LogP contribution in [-0.2, 0) is 14.8 Å². The minimum absolute atomic E-state index is 0.154. The maximum absolute atomic E-state index is 13.2. The lowest BCUT2D eigenvalue weighted by Crippen LogP contribution is -2.31. The molecule has 0 saturated carbocycles. The van der Waals surface area contributed by atoms with E-state index >= 15 is 0 Å². The molecule has 3 aromatic rings. The number of anilines is 1. The van der Waals surface area contributed by atoms with Crippen molar-refractivity contribution in [3.63, 3.8) is 0 Å². The first-order valence-electron chi connectivity index (χ1n) is 11.2. The van der Waals surface area contributed by atoms with Gasteiger partial charge in [-0.25, -0.2) is 8.42 Å². The third-order valence-corrected chi connectivity index (χ3v) is 8.84. The molecule has 33 heavy (non-hydrogen) atoms. The average molecular weight is 481 g/mol. The maximum Gasteiger partial charge on any atom is 0.243 e. The SMILES string of the molecule is O=C(Nc1ccc(S(=O)(=O)N2CCCCCC2)cc1)[C@@H](Sc1ccccc1)c1ccccc1. The Kier molecular flexibility index (Phi) is 7.85. The van der Waals surface area contributed by atoms with Crippen molar-refractivity contribution in [3.8, 4) is 0 Å². The molecule has 1 N–H and O–H groups in total. The molecule has 1 heterocycles. The van der Waals surface area contributed by atoms with E-state index in [1.165, 1.54) is 11.8 Å². The second-order valence-corrected chi connectivity index (χ2v) is 11.2. The van der Waals surface area contributed by atoms with Crippen molar-refractivity contribution < 1.29 is 13.2 Å². The van der Waals surface area contributed by atoms with Crippen molar-refractivity contribution in [2.24, 2.45) is 0 Å². The van der Waals surface area contributed by atoms with Gasteiger partial charge in [0.25, 0.3) is 0 Å². The summed E-state index contributed by atoms with van der Waals surface area (Å²) in [6.45, 7) is 1.13. The molecule has 0 bridgehead atoms. The van der Waals surface area contributed by atoms with E-state index in [1.807, 2.05) is 60.7 Å². The highest BCUT2D eigenvalue weighted by Gasteiger charge is 2.26. The quantitative estimate of drug-likeness (QED) is 0.439. The molecule has 0 aromatic heterocycles. The summed E-state index contributed by atoms with van der Waals surface area (Å²) in [4.78, 5) is 14.5. The van der Waals surface area contributed by atoms with Gasteiger partial charge in [-0.15, -0.1) is 11.8 Å². The van der Waals surface area contributed by atoms with E-state index < -0.39 is 15.3 Å². The number of sulfonamides is 1. The Morgan fingerprint density at radius 3 is 1.97 bits per heavy atom. The van der Waals surface area contributed by atoms with Gasteiger partial charge in [0.05, 0.1) is 4.90 Å². The smallest absolute Gasteiger partial charge is 0.243 e. The molecule has 1 amide bonds. The van der Waals surface area contributed by atoms with Crippen LogP contribution in [0.5, 0.6) is 0 Å². The zero-order valence-electron chi connectivity index (χ0n) is 18.4. The Bertz CT molecular complexity index is 1140. The third kappa shape index (κ3) is 6.05. The highest BCUT2D eigenvalue weighted by Crippen LogP contribution is 2.36. The summed E-state index contributed by atoms with van der Waals surface area (Å²) >= 11 is 1.48. The zero-order valence-corrected chi connectivity index (χ0v) is 20.0. The molecule has 1 fully saturated rings. The van der Waals surface area contributed by atoms with E-state index in [0.29, 0.717) is 18.8 Å². The molecule has 1 atom stereocenters. The maximum atomic E-state index is 13.2. The molecule has 7 heteroatoms. The van der Waals surface area contributed by atoms with Gasteiger partial charge in [0.1, 0.15) is 5.25 Å². The van der Waals surface area contributed by atoms with Crippen molar-refractivity contribution in [1.82, 2.24) is 4.31 Å². The Morgan fingerprint density at radius 2 is 1.36 bits per heavy atom. The average Bonchev–Trinajstić information content (AvgIpc) is 3.14. The molecule has 0 aliphatic carbocycles. The van der Waals surface area contributed by atoms with E-state index in [-0.39, 0.29) is 10.8 Å². The van der Waals surface area contributed by atoms with Crippen LogP contribution >= 0.6 is 11.8 Å². The molecule has 1 aliphatic heterocycles. The fraction of sp³-hybridized carbons (Fsp3) is 0.269. The number of thioether (sulfide) groups is 1. The fourth-order valence-corrected chi connectivity index (χ4v) is 6.45. The van der Waals surface area contributed by atoms with Crippen molar-refractivity contribution >= 4 is 33.4 Å². The molecular weight excluding hydrogens is 452 g/mol. The second-order valence-electron chi connectivity index (χ2n) is 8.05. The van der Waals surface area contributed by atoms with Gasteiger partial charge < -0.3 is 5.32 Å². The zero-order chi connectivity index (χ0) is 23.1. The van der Waals surface area contributed by atoms with Crippen LogP contribution in [0.15, 0.2) is 94.7 Å². The molecule has 4 rings (SSSR count). The van der Waals surface area contributed by atoms with Crippen LogP contribution in [0, 0.1) is 0 Å². The molecule has 0 unspecified atom stereocenters. The van der Waals surface area contributed by atoms with Crippen LogP contribution in [-0.4, -0.2) is 31.7 Å². The van der Waals surface area contributed by atoms with Crippen molar-refractivity contribution in [3.05, 3.63) is 90.5 Å². The molecule has 0 radical (unpaired) electrons. The number of rotatable bonds is 7. The standard InChI is InChI=1S/C26H28N2O3S2/c29-26(25(21-11-5-3-6-12-21)32-23-13-7-4-8-14-23)27-22-15-17-24(18-16-22)33(30,31)28-19-9-1-2-10-20-28/h3-8,11-18,25H,1-2,9-10,19-20H2,(H,27,29)/t25-/m0/s1. The second kappa shape index (κ2) is 11.0.